The third-order valence-corrected chi connectivity index (χ3v) is 3.20. The van der Waals surface area contributed by atoms with E-state index < -0.39 is 17.4 Å². The number of esters is 1. The maximum atomic E-state index is 12.9. The lowest BCUT2D eigenvalue weighted by Gasteiger charge is -2.23. The number of carbonyl (C=O) groups excluding carboxylic acids is 1. The van der Waals surface area contributed by atoms with Gasteiger partial charge >= 0.3 is 5.97 Å². The van der Waals surface area contributed by atoms with E-state index in [1.807, 2.05) is 0 Å². The van der Waals surface area contributed by atoms with E-state index in [4.69, 9.17) is 18.3 Å². The van der Waals surface area contributed by atoms with Crippen LogP contribution in [0.1, 0.15) is 19.7 Å². The molecule has 0 fully saturated rings. The SMILES string of the molecule is CC(C)(Oc1ccc(F)cc1)C(=O)OCc1nnc(-c2ccco2)o1. The Labute approximate surface area is 142 Å². The molecule has 25 heavy (non-hydrogen) atoms. The van der Waals surface area contributed by atoms with E-state index in [0.29, 0.717) is 11.5 Å². The van der Waals surface area contributed by atoms with Crippen molar-refractivity contribution < 1.29 is 27.5 Å². The summed E-state index contributed by atoms with van der Waals surface area (Å²) in [6.07, 6.45) is 1.48. The quantitative estimate of drug-likeness (QED) is 0.632. The summed E-state index contributed by atoms with van der Waals surface area (Å²) in [6.45, 7) is 2.88. The number of hydrogen-bond acceptors (Lipinski definition) is 7. The molecule has 0 bridgehead atoms. The number of nitrogens with zero attached hydrogens (tertiary/aromatic N) is 2. The van der Waals surface area contributed by atoms with E-state index in [1.165, 1.54) is 30.5 Å². The zero-order chi connectivity index (χ0) is 17.9. The second-order valence-corrected chi connectivity index (χ2v) is 5.62. The maximum absolute atomic E-state index is 12.9. The summed E-state index contributed by atoms with van der Waals surface area (Å²) in [6, 6.07) is 8.70. The van der Waals surface area contributed by atoms with Crippen molar-refractivity contribution in [2.45, 2.75) is 26.1 Å². The van der Waals surface area contributed by atoms with Crippen LogP contribution in [0.15, 0.2) is 51.5 Å². The molecule has 0 unspecified atom stereocenters. The predicted molar refractivity (Wildman–Crippen MR) is 82.9 cm³/mol. The van der Waals surface area contributed by atoms with Crippen LogP contribution in [0.2, 0.25) is 0 Å². The first-order valence-electron chi connectivity index (χ1n) is 7.42. The van der Waals surface area contributed by atoms with Crippen LogP contribution in [0.5, 0.6) is 5.75 Å². The van der Waals surface area contributed by atoms with Crippen LogP contribution in [0.4, 0.5) is 4.39 Å². The molecule has 0 atom stereocenters. The lowest BCUT2D eigenvalue weighted by molar-refractivity contribution is -0.161. The molecular formula is C17H15FN2O5. The van der Waals surface area contributed by atoms with Crippen LogP contribution >= 0.6 is 0 Å². The van der Waals surface area contributed by atoms with Crippen molar-refractivity contribution in [2.75, 3.05) is 0 Å². The van der Waals surface area contributed by atoms with E-state index in [0.717, 1.165) is 0 Å². The van der Waals surface area contributed by atoms with Gasteiger partial charge in [0.05, 0.1) is 6.26 Å². The van der Waals surface area contributed by atoms with Crippen molar-refractivity contribution in [3.05, 3.63) is 54.4 Å². The molecule has 0 aliphatic rings. The van der Waals surface area contributed by atoms with Gasteiger partial charge in [-0.05, 0) is 50.2 Å². The van der Waals surface area contributed by atoms with E-state index in [2.05, 4.69) is 10.2 Å². The number of benzene rings is 1. The fraction of sp³-hybridized carbons (Fsp3) is 0.235. The lowest BCUT2D eigenvalue weighted by atomic mass is 10.1. The highest BCUT2D eigenvalue weighted by Gasteiger charge is 2.32. The highest BCUT2D eigenvalue weighted by molar-refractivity contribution is 5.79. The number of aromatic nitrogens is 2. The van der Waals surface area contributed by atoms with Gasteiger partial charge in [0, 0.05) is 0 Å². The molecule has 7 nitrogen and oxygen atoms in total. The molecule has 3 aromatic rings. The van der Waals surface area contributed by atoms with Gasteiger partial charge in [-0.3, -0.25) is 0 Å². The van der Waals surface area contributed by atoms with Gasteiger partial charge in [-0.15, -0.1) is 10.2 Å². The zero-order valence-corrected chi connectivity index (χ0v) is 13.6. The van der Waals surface area contributed by atoms with Crippen molar-refractivity contribution >= 4 is 5.97 Å². The molecule has 1 aromatic carbocycles. The summed E-state index contributed by atoms with van der Waals surface area (Å²) in [5.74, 6) is 0.0626. The van der Waals surface area contributed by atoms with E-state index in [9.17, 15) is 9.18 Å². The molecule has 0 N–H and O–H groups in total. The molecule has 0 aliphatic heterocycles. The van der Waals surface area contributed by atoms with Gasteiger partial charge in [0.2, 0.25) is 0 Å². The summed E-state index contributed by atoms with van der Waals surface area (Å²) < 4.78 is 34.1. The van der Waals surface area contributed by atoms with Gasteiger partial charge in [0.25, 0.3) is 11.8 Å². The van der Waals surface area contributed by atoms with Crippen molar-refractivity contribution in [1.82, 2.24) is 10.2 Å². The van der Waals surface area contributed by atoms with Gasteiger partial charge in [-0.1, -0.05) is 0 Å². The summed E-state index contributed by atoms with van der Waals surface area (Å²) in [5, 5.41) is 7.59. The highest BCUT2D eigenvalue weighted by Crippen LogP contribution is 2.21. The third-order valence-electron chi connectivity index (χ3n) is 3.20. The molecule has 0 spiro atoms. The number of furan rings is 1. The normalized spacial score (nSPS) is 11.3. The lowest BCUT2D eigenvalue weighted by Crippen LogP contribution is -2.39. The van der Waals surface area contributed by atoms with Crippen LogP contribution in [-0.2, 0) is 16.1 Å². The van der Waals surface area contributed by atoms with Crippen LogP contribution in [0.25, 0.3) is 11.7 Å². The predicted octanol–water partition coefficient (Wildman–Crippen LogP) is 3.37. The third kappa shape index (κ3) is 4.03. The van der Waals surface area contributed by atoms with Crippen LogP contribution in [0, 0.1) is 5.82 Å². The van der Waals surface area contributed by atoms with Gasteiger partial charge in [0.1, 0.15) is 11.6 Å². The van der Waals surface area contributed by atoms with Crippen molar-refractivity contribution in [3.63, 3.8) is 0 Å². The second kappa shape index (κ2) is 6.76. The molecule has 0 radical (unpaired) electrons. The van der Waals surface area contributed by atoms with Gasteiger partial charge < -0.3 is 18.3 Å². The summed E-state index contributed by atoms with van der Waals surface area (Å²) >= 11 is 0. The highest BCUT2D eigenvalue weighted by atomic mass is 19.1. The Bertz CT molecular complexity index is 840. The Morgan fingerprint density at radius 3 is 2.64 bits per heavy atom. The molecule has 130 valence electrons. The van der Waals surface area contributed by atoms with Crippen LogP contribution in [0.3, 0.4) is 0 Å². The van der Waals surface area contributed by atoms with Gasteiger partial charge in [-0.25, -0.2) is 9.18 Å². The summed E-state index contributed by atoms with van der Waals surface area (Å²) in [7, 11) is 0. The number of carbonyl (C=O) groups is 1. The van der Waals surface area contributed by atoms with Crippen molar-refractivity contribution in [3.8, 4) is 17.4 Å². The van der Waals surface area contributed by atoms with E-state index in [-0.39, 0.29) is 18.4 Å². The van der Waals surface area contributed by atoms with Gasteiger partial charge in [-0.2, -0.15) is 0 Å². The second-order valence-electron chi connectivity index (χ2n) is 5.62. The molecule has 8 heteroatoms. The minimum atomic E-state index is -1.28. The fourth-order valence-electron chi connectivity index (χ4n) is 1.95. The Morgan fingerprint density at radius 1 is 1.20 bits per heavy atom. The van der Waals surface area contributed by atoms with E-state index in [1.54, 1.807) is 26.0 Å². The first-order valence-corrected chi connectivity index (χ1v) is 7.42. The molecule has 0 amide bonds. The number of hydrogen-bond donors (Lipinski definition) is 0. The topological polar surface area (TPSA) is 87.6 Å². The van der Waals surface area contributed by atoms with E-state index >= 15 is 0 Å². The number of halogens is 1. The van der Waals surface area contributed by atoms with Crippen LogP contribution in [-0.4, -0.2) is 21.8 Å². The maximum Gasteiger partial charge on any atom is 0.350 e. The molecule has 0 saturated heterocycles. The zero-order valence-electron chi connectivity index (χ0n) is 13.6. The molecule has 0 aliphatic carbocycles. The molecule has 0 saturated carbocycles. The molecular weight excluding hydrogens is 331 g/mol. The van der Waals surface area contributed by atoms with Crippen LogP contribution < -0.4 is 4.74 Å². The average Bonchev–Trinajstić information content (AvgIpc) is 3.25. The van der Waals surface area contributed by atoms with Gasteiger partial charge in [0.15, 0.2) is 18.0 Å². The minimum Gasteiger partial charge on any atom is -0.476 e. The van der Waals surface area contributed by atoms with Crippen molar-refractivity contribution in [2.24, 2.45) is 0 Å². The Morgan fingerprint density at radius 2 is 1.96 bits per heavy atom. The molecule has 2 aromatic heterocycles. The molecule has 3 rings (SSSR count). The Kier molecular flexibility index (Phi) is 4.51. The largest absolute Gasteiger partial charge is 0.476 e. The Hall–Kier alpha value is -3.16. The minimum absolute atomic E-state index is 0.123. The summed E-state index contributed by atoms with van der Waals surface area (Å²) in [4.78, 5) is 12.2. The average molecular weight is 346 g/mol. The number of ether oxygens (including phenoxy) is 2. The number of rotatable bonds is 6. The fourth-order valence-corrected chi connectivity index (χ4v) is 1.95. The van der Waals surface area contributed by atoms with Crippen molar-refractivity contribution in [1.29, 1.82) is 0 Å². The first kappa shape index (κ1) is 16.7. The smallest absolute Gasteiger partial charge is 0.350 e. The Balaban J connectivity index is 1.58. The monoisotopic (exact) mass is 346 g/mol. The first-order chi connectivity index (χ1) is 11.9. The molecule has 2 heterocycles. The standard InChI is InChI=1S/C17H15FN2O5/c1-17(2,25-12-7-5-11(18)6-8-12)16(21)23-10-14-19-20-15(24-14)13-4-3-9-22-13/h3-9H,10H2,1-2H3. The summed E-state index contributed by atoms with van der Waals surface area (Å²) in [5.41, 5.74) is -1.28.